The molecule has 0 saturated carbocycles. The van der Waals surface area contributed by atoms with Crippen LogP contribution < -0.4 is 0 Å². The topological polar surface area (TPSA) is 56.4 Å². The van der Waals surface area contributed by atoms with Crippen LogP contribution >= 0.6 is 0 Å². The maximum absolute atomic E-state index is 12.7. The van der Waals surface area contributed by atoms with Crippen LogP contribution in [-0.2, 0) is 0 Å². The van der Waals surface area contributed by atoms with Gasteiger partial charge in [0, 0.05) is 88.4 Å². The predicted molar refractivity (Wildman–Crippen MR) is 421 cm³/mol. The van der Waals surface area contributed by atoms with Gasteiger partial charge in [-0.3, -0.25) is 4.98 Å². The summed E-state index contributed by atoms with van der Waals surface area (Å²) in [5.41, 5.74) is 35.0. The summed E-state index contributed by atoms with van der Waals surface area (Å²) >= 11 is 0. The van der Waals surface area contributed by atoms with Crippen molar-refractivity contribution in [2.45, 2.75) is 69.2 Å². The van der Waals surface area contributed by atoms with Gasteiger partial charge in [0.25, 0.3) is 0 Å². The van der Waals surface area contributed by atoms with Crippen LogP contribution in [0, 0.1) is 80.6 Å². The molecule has 5 heterocycles. The van der Waals surface area contributed by atoms with Crippen molar-refractivity contribution >= 4 is 87.2 Å². The standard InChI is InChI=1S/C94H72N6/c1-54-11-35-82-73(43-54)74-44-55(2)12-36-83(74)97(82)69-27-19-64(20-28-69)90-81(53-95)91(65-21-29-70(30-22-65)98-84-37-13-56(3)45-75(84)76-46-57(4)14-38-85(76)98)94(68-51-62(9)96-63(10)52-68)93(67-25-33-72(34-26-67)100-88-41-17-60(7)49-79(88)80-50-61(8)18-42-89(80)100)92(90)66-23-31-71(32-24-66)99-86-39-15-58(5)47-77(86)78-48-59(6)16-40-87(78)99/h11-52H,1-10H3. The normalized spacial score (nSPS) is 11.9. The number of benzene rings is 13. The molecule has 6 nitrogen and oxygen atoms in total. The summed E-state index contributed by atoms with van der Waals surface area (Å²) in [5, 5.41) is 22.5. The average Bonchev–Trinajstić information content (AvgIpc) is 1.08. The third-order valence-corrected chi connectivity index (χ3v) is 20.9. The quantitative estimate of drug-likeness (QED) is 0.145. The summed E-state index contributed by atoms with van der Waals surface area (Å²) in [6, 6.07) is 98.1. The van der Waals surface area contributed by atoms with Crippen LogP contribution in [0.3, 0.4) is 0 Å². The van der Waals surface area contributed by atoms with Gasteiger partial charge in [0.05, 0.1) is 49.7 Å². The summed E-state index contributed by atoms with van der Waals surface area (Å²) < 4.78 is 9.61. The molecule has 0 bridgehead atoms. The Kier molecular flexibility index (Phi) is 13.8. The van der Waals surface area contributed by atoms with E-state index in [0.717, 1.165) is 134 Å². The van der Waals surface area contributed by atoms with Crippen LogP contribution in [0.2, 0.25) is 0 Å². The summed E-state index contributed by atoms with van der Waals surface area (Å²) in [4.78, 5) is 5.04. The van der Waals surface area contributed by atoms with E-state index in [-0.39, 0.29) is 0 Å². The Balaban J connectivity index is 0.946. The van der Waals surface area contributed by atoms with Gasteiger partial charge in [-0.1, -0.05) is 142 Å². The lowest BCUT2D eigenvalue weighted by atomic mass is 9.75. The first-order chi connectivity index (χ1) is 48.6. The van der Waals surface area contributed by atoms with E-state index in [1.54, 1.807) is 0 Å². The van der Waals surface area contributed by atoms with Crippen molar-refractivity contribution in [1.29, 1.82) is 5.26 Å². The molecule has 0 radical (unpaired) electrons. The Bertz CT molecular complexity index is 6280. The minimum absolute atomic E-state index is 0.580. The van der Waals surface area contributed by atoms with Crippen molar-refractivity contribution in [3.8, 4) is 84.5 Å². The fourth-order valence-electron chi connectivity index (χ4n) is 16.5. The third-order valence-electron chi connectivity index (χ3n) is 20.9. The lowest BCUT2D eigenvalue weighted by molar-refractivity contribution is 1.12. The Morgan fingerprint density at radius 1 is 0.220 bits per heavy atom. The smallest absolute Gasteiger partial charge is 0.100 e. The molecule has 6 heteroatoms. The number of nitrogens with zero attached hydrogens (tertiary/aromatic N) is 6. The number of aryl methyl sites for hydroxylation is 10. The second kappa shape index (κ2) is 22.9. The molecule has 0 aliphatic carbocycles. The molecule has 0 atom stereocenters. The highest BCUT2D eigenvalue weighted by Crippen LogP contribution is 2.54. The molecule has 0 unspecified atom stereocenters. The van der Waals surface area contributed by atoms with Gasteiger partial charge in [-0.05, 0) is 271 Å². The maximum atomic E-state index is 12.7. The lowest BCUT2D eigenvalue weighted by Gasteiger charge is -2.27. The molecule has 0 aliphatic rings. The van der Waals surface area contributed by atoms with Crippen LogP contribution in [0.5, 0.6) is 0 Å². The van der Waals surface area contributed by atoms with Gasteiger partial charge in [0.15, 0.2) is 0 Å². The van der Waals surface area contributed by atoms with E-state index in [0.29, 0.717) is 5.56 Å². The molecule has 18 rings (SSSR count). The first kappa shape index (κ1) is 60.1. The van der Waals surface area contributed by atoms with Crippen molar-refractivity contribution in [3.05, 3.63) is 316 Å². The van der Waals surface area contributed by atoms with Crippen molar-refractivity contribution < 1.29 is 0 Å². The summed E-state index contributed by atoms with van der Waals surface area (Å²) in [6.45, 7) is 21.6. The highest BCUT2D eigenvalue weighted by Gasteiger charge is 2.30. The van der Waals surface area contributed by atoms with E-state index in [1.807, 2.05) is 0 Å². The van der Waals surface area contributed by atoms with Crippen LogP contribution in [0.4, 0.5) is 0 Å². The molecule has 18 aromatic rings. The molecular weight excluding hydrogens is 1210 g/mol. The minimum atomic E-state index is 0.580. The summed E-state index contributed by atoms with van der Waals surface area (Å²) in [5.74, 6) is 0. The predicted octanol–water partition coefficient (Wildman–Crippen LogP) is 24.8. The second-order valence-corrected chi connectivity index (χ2v) is 28.2. The van der Waals surface area contributed by atoms with E-state index in [1.165, 1.54) is 87.6 Å². The maximum Gasteiger partial charge on any atom is 0.100 e. The van der Waals surface area contributed by atoms with Crippen LogP contribution in [-0.4, -0.2) is 23.3 Å². The Morgan fingerprint density at radius 2 is 0.410 bits per heavy atom. The zero-order chi connectivity index (χ0) is 68.1. The molecule has 0 saturated heterocycles. The number of nitriles is 1. The molecule has 13 aromatic carbocycles. The highest BCUT2D eigenvalue weighted by molar-refractivity contribution is 6.15. The molecule has 0 fully saturated rings. The minimum Gasteiger partial charge on any atom is -0.309 e. The van der Waals surface area contributed by atoms with Gasteiger partial charge in [-0.25, -0.2) is 0 Å². The van der Waals surface area contributed by atoms with E-state index in [2.05, 4.69) is 348 Å². The number of rotatable bonds is 9. The first-order valence-electron chi connectivity index (χ1n) is 34.7. The largest absolute Gasteiger partial charge is 0.309 e. The first-order valence-corrected chi connectivity index (χ1v) is 34.7. The second-order valence-electron chi connectivity index (χ2n) is 28.2. The van der Waals surface area contributed by atoms with Gasteiger partial charge in [-0.2, -0.15) is 5.26 Å². The van der Waals surface area contributed by atoms with E-state index in [4.69, 9.17) is 4.98 Å². The number of fused-ring (bicyclic) bond motifs is 12. The zero-order valence-electron chi connectivity index (χ0n) is 57.9. The fourth-order valence-corrected chi connectivity index (χ4v) is 16.5. The molecule has 5 aromatic heterocycles. The van der Waals surface area contributed by atoms with Gasteiger partial charge >= 0.3 is 0 Å². The Hall–Kier alpha value is -12.3. The van der Waals surface area contributed by atoms with Crippen LogP contribution in [0.15, 0.2) is 255 Å². The fraction of sp³-hybridized carbons (Fsp3) is 0.106. The van der Waals surface area contributed by atoms with Crippen molar-refractivity contribution in [1.82, 2.24) is 23.3 Å². The Morgan fingerprint density at radius 3 is 0.620 bits per heavy atom. The van der Waals surface area contributed by atoms with Crippen LogP contribution in [0.25, 0.3) is 166 Å². The molecule has 0 amide bonds. The molecule has 478 valence electrons. The number of hydrogen-bond donors (Lipinski definition) is 0. The average molecular weight is 1290 g/mol. The highest BCUT2D eigenvalue weighted by atomic mass is 15.0. The third kappa shape index (κ3) is 9.55. The monoisotopic (exact) mass is 1280 g/mol. The molecular formula is C94H72N6. The number of aromatic nitrogens is 5. The van der Waals surface area contributed by atoms with E-state index < -0.39 is 0 Å². The van der Waals surface area contributed by atoms with Crippen molar-refractivity contribution in [3.63, 3.8) is 0 Å². The number of pyridine rings is 1. The summed E-state index contributed by atoms with van der Waals surface area (Å²) in [6.07, 6.45) is 0. The molecule has 0 spiro atoms. The van der Waals surface area contributed by atoms with Gasteiger partial charge in [0.2, 0.25) is 0 Å². The lowest BCUT2D eigenvalue weighted by Crippen LogP contribution is -2.04. The van der Waals surface area contributed by atoms with Gasteiger partial charge in [0.1, 0.15) is 6.07 Å². The van der Waals surface area contributed by atoms with Crippen molar-refractivity contribution in [2.24, 2.45) is 0 Å². The number of hydrogen-bond acceptors (Lipinski definition) is 2. The molecule has 0 N–H and O–H groups in total. The Labute approximate surface area is 582 Å². The SMILES string of the molecule is Cc1ccc2c(c1)c1cc(C)ccc1n2-c1ccc(-c2c(C#N)c(-c3ccc(-n4c5ccc(C)cc5c5cc(C)ccc54)cc3)c(-c3cc(C)nc(C)c3)c(-c3ccc(-n4c5ccc(C)cc5c5cc(C)ccc54)cc3)c2-c2ccc(-n3c4ccc(C)cc4c4cc(C)ccc43)cc2)cc1. The molecule has 0 aliphatic heterocycles. The molecule has 100 heavy (non-hydrogen) atoms. The summed E-state index contributed by atoms with van der Waals surface area (Å²) in [7, 11) is 0. The van der Waals surface area contributed by atoms with E-state index >= 15 is 0 Å². The van der Waals surface area contributed by atoms with Crippen molar-refractivity contribution in [2.75, 3.05) is 0 Å². The van der Waals surface area contributed by atoms with E-state index in [9.17, 15) is 5.26 Å². The van der Waals surface area contributed by atoms with Gasteiger partial charge in [-0.15, -0.1) is 0 Å². The zero-order valence-corrected chi connectivity index (χ0v) is 57.9. The van der Waals surface area contributed by atoms with Crippen LogP contribution in [0.1, 0.15) is 61.5 Å². The van der Waals surface area contributed by atoms with Gasteiger partial charge < -0.3 is 18.3 Å².